The van der Waals surface area contributed by atoms with E-state index in [9.17, 15) is 14.7 Å². The molecule has 0 aliphatic carbocycles. The summed E-state index contributed by atoms with van der Waals surface area (Å²) in [6.45, 7) is 7.14. The van der Waals surface area contributed by atoms with Crippen LogP contribution in [0.5, 0.6) is 0 Å². The molecule has 0 amide bonds. The minimum absolute atomic E-state index is 0.0763. The molecule has 0 radical (unpaired) electrons. The van der Waals surface area contributed by atoms with Crippen LogP contribution in [0.3, 0.4) is 0 Å². The van der Waals surface area contributed by atoms with Gasteiger partial charge in [-0.2, -0.15) is 0 Å². The van der Waals surface area contributed by atoms with E-state index >= 15 is 0 Å². The average molecular weight is 463 g/mol. The summed E-state index contributed by atoms with van der Waals surface area (Å²) in [7, 11) is 1.79. The Balaban J connectivity index is 1.58. The Morgan fingerprint density at radius 1 is 1.26 bits per heavy atom. The second kappa shape index (κ2) is 8.43. The van der Waals surface area contributed by atoms with Gasteiger partial charge in [0, 0.05) is 36.8 Å². The highest BCUT2D eigenvalue weighted by molar-refractivity contribution is 5.94. The van der Waals surface area contributed by atoms with Crippen molar-refractivity contribution < 1.29 is 14.6 Å². The Morgan fingerprint density at radius 3 is 2.74 bits per heavy atom. The number of benzene rings is 2. The van der Waals surface area contributed by atoms with Crippen LogP contribution >= 0.6 is 0 Å². The van der Waals surface area contributed by atoms with Gasteiger partial charge in [-0.15, -0.1) is 0 Å². The van der Waals surface area contributed by atoms with E-state index < -0.39 is 5.97 Å². The quantitative estimate of drug-likeness (QED) is 0.596. The molecule has 0 saturated carbocycles. The van der Waals surface area contributed by atoms with Crippen molar-refractivity contribution in [3.8, 4) is 0 Å². The van der Waals surface area contributed by atoms with E-state index in [1.807, 2.05) is 26.0 Å². The Hall–Kier alpha value is -3.39. The van der Waals surface area contributed by atoms with Gasteiger partial charge in [-0.25, -0.2) is 9.78 Å². The number of hydrogen-bond donors (Lipinski definition) is 2. The van der Waals surface area contributed by atoms with Gasteiger partial charge in [0.15, 0.2) is 0 Å². The van der Waals surface area contributed by atoms with Crippen LogP contribution in [-0.4, -0.2) is 46.9 Å². The van der Waals surface area contributed by atoms with Gasteiger partial charge in [0.25, 0.3) is 5.56 Å². The minimum atomic E-state index is -0.988. The third-order valence-corrected chi connectivity index (χ3v) is 7.09. The monoisotopic (exact) mass is 462 g/mol. The lowest BCUT2D eigenvalue weighted by atomic mass is 9.78. The number of aromatic carboxylic acids is 1. The summed E-state index contributed by atoms with van der Waals surface area (Å²) in [6, 6.07) is 10.5. The summed E-state index contributed by atoms with van der Waals surface area (Å²) in [6.07, 6.45) is 2.18. The number of carbonyl (C=O) groups is 1. The zero-order valence-corrected chi connectivity index (χ0v) is 19.8. The van der Waals surface area contributed by atoms with Gasteiger partial charge >= 0.3 is 5.97 Å². The third kappa shape index (κ3) is 3.81. The normalized spacial score (nSPS) is 18.0. The van der Waals surface area contributed by atoms with Gasteiger partial charge in [0.2, 0.25) is 5.95 Å². The highest BCUT2D eigenvalue weighted by Gasteiger charge is 2.43. The van der Waals surface area contributed by atoms with E-state index in [1.54, 1.807) is 35.9 Å². The molecular formula is C26H30N4O4. The van der Waals surface area contributed by atoms with Crippen LogP contribution in [0.2, 0.25) is 0 Å². The van der Waals surface area contributed by atoms with E-state index in [0.717, 1.165) is 50.3 Å². The predicted molar refractivity (Wildman–Crippen MR) is 132 cm³/mol. The van der Waals surface area contributed by atoms with E-state index in [-0.39, 0.29) is 22.6 Å². The SMILES string of the molecule is Cc1cc([C@@H](C)Nc2ccccc2C(=O)O)c2nc(N3CCCC4(COC4)C3)n(C)c(=O)c2c1. The molecule has 2 saturated heterocycles. The predicted octanol–water partition coefficient (Wildman–Crippen LogP) is 3.73. The van der Waals surface area contributed by atoms with Gasteiger partial charge in [-0.3, -0.25) is 9.36 Å². The lowest BCUT2D eigenvalue weighted by Crippen LogP contribution is -2.55. The Bertz CT molecular complexity index is 1330. The molecule has 34 heavy (non-hydrogen) atoms. The molecule has 5 rings (SSSR count). The van der Waals surface area contributed by atoms with E-state index in [1.165, 1.54) is 0 Å². The molecule has 2 aromatic carbocycles. The maximum absolute atomic E-state index is 13.4. The topological polar surface area (TPSA) is 96.7 Å². The van der Waals surface area contributed by atoms with Crippen molar-refractivity contribution in [2.75, 3.05) is 36.5 Å². The summed E-state index contributed by atoms with van der Waals surface area (Å²) in [5.74, 6) is -0.315. The molecule has 2 N–H and O–H groups in total. The van der Waals surface area contributed by atoms with Crippen LogP contribution in [0.1, 0.15) is 47.3 Å². The molecule has 2 aliphatic rings. The highest BCUT2D eigenvalue weighted by Crippen LogP contribution is 2.38. The van der Waals surface area contributed by atoms with Crippen LogP contribution in [0.25, 0.3) is 10.9 Å². The first kappa shape index (κ1) is 22.4. The van der Waals surface area contributed by atoms with Crippen molar-refractivity contribution in [2.45, 2.75) is 32.7 Å². The molecule has 0 bridgehead atoms. The molecule has 2 fully saturated rings. The number of hydrogen-bond acceptors (Lipinski definition) is 6. The lowest BCUT2D eigenvalue weighted by Gasteiger charge is -2.48. The van der Waals surface area contributed by atoms with Gasteiger partial charge in [-0.05, 0) is 50.5 Å². The first-order valence-electron chi connectivity index (χ1n) is 11.7. The first-order valence-corrected chi connectivity index (χ1v) is 11.7. The lowest BCUT2D eigenvalue weighted by molar-refractivity contribution is -0.118. The van der Waals surface area contributed by atoms with Crippen LogP contribution < -0.4 is 15.8 Å². The van der Waals surface area contributed by atoms with Crippen LogP contribution in [0.15, 0.2) is 41.2 Å². The molecule has 8 heteroatoms. The maximum Gasteiger partial charge on any atom is 0.337 e. The minimum Gasteiger partial charge on any atom is -0.478 e. The zero-order chi connectivity index (χ0) is 24.0. The van der Waals surface area contributed by atoms with Crippen LogP contribution in [0.4, 0.5) is 11.6 Å². The number of fused-ring (bicyclic) bond motifs is 1. The number of aromatic nitrogens is 2. The molecule has 178 valence electrons. The van der Waals surface area contributed by atoms with Gasteiger partial charge in [-0.1, -0.05) is 18.2 Å². The number of rotatable bonds is 5. The molecule has 3 heterocycles. The first-order chi connectivity index (χ1) is 16.3. The number of para-hydroxylation sites is 1. The summed E-state index contributed by atoms with van der Waals surface area (Å²) in [5, 5.41) is 13.5. The molecule has 3 aromatic rings. The van der Waals surface area contributed by atoms with E-state index in [0.29, 0.717) is 22.5 Å². The fourth-order valence-corrected chi connectivity index (χ4v) is 5.27. The Morgan fingerprint density at radius 2 is 2.03 bits per heavy atom. The molecular weight excluding hydrogens is 432 g/mol. The molecule has 8 nitrogen and oxygen atoms in total. The van der Waals surface area contributed by atoms with Crippen LogP contribution in [-0.2, 0) is 11.8 Å². The summed E-state index contributed by atoms with van der Waals surface area (Å²) in [4.78, 5) is 32.4. The number of aryl methyl sites for hydroxylation is 1. The molecule has 1 aromatic heterocycles. The zero-order valence-electron chi connectivity index (χ0n) is 19.8. The number of carboxylic acid groups (broad SMARTS) is 1. The highest BCUT2D eigenvalue weighted by atomic mass is 16.5. The molecule has 2 aliphatic heterocycles. The van der Waals surface area contributed by atoms with Crippen molar-refractivity contribution in [3.63, 3.8) is 0 Å². The molecule has 1 atom stereocenters. The summed E-state index contributed by atoms with van der Waals surface area (Å²) < 4.78 is 7.16. The Kier molecular flexibility index (Phi) is 5.56. The van der Waals surface area contributed by atoms with Gasteiger partial charge < -0.3 is 20.1 Å². The second-order valence-corrected chi connectivity index (χ2v) is 9.76. The van der Waals surface area contributed by atoms with E-state index in [2.05, 4.69) is 10.2 Å². The van der Waals surface area contributed by atoms with Crippen molar-refractivity contribution in [3.05, 3.63) is 63.4 Å². The number of piperidine rings is 1. The smallest absolute Gasteiger partial charge is 0.337 e. The van der Waals surface area contributed by atoms with Crippen molar-refractivity contribution in [2.24, 2.45) is 12.5 Å². The third-order valence-electron chi connectivity index (χ3n) is 7.09. The standard InChI is InChI=1S/C26H30N4O4/c1-16-11-19(17(2)27-21-8-5-4-7-18(21)24(32)33)22-20(12-16)23(31)29(3)25(28-22)30-10-6-9-26(13-30)14-34-15-26/h4-5,7-8,11-12,17,27H,6,9-10,13-15H2,1-3H3,(H,32,33)/t17-/m1/s1. The number of ether oxygens (including phenoxy) is 1. The second-order valence-electron chi connectivity index (χ2n) is 9.76. The fraction of sp³-hybridized carbons (Fsp3) is 0.423. The van der Waals surface area contributed by atoms with Crippen LogP contribution in [0, 0.1) is 12.3 Å². The molecule has 1 spiro atoms. The van der Waals surface area contributed by atoms with E-state index in [4.69, 9.17) is 9.72 Å². The average Bonchev–Trinajstić information content (AvgIpc) is 2.80. The maximum atomic E-state index is 13.4. The number of carboxylic acids is 1. The van der Waals surface area contributed by atoms with Crippen molar-refractivity contribution >= 4 is 28.5 Å². The molecule has 0 unspecified atom stereocenters. The van der Waals surface area contributed by atoms with Crippen molar-refractivity contribution in [1.29, 1.82) is 0 Å². The largest absolute Gasteiger partial charge is 0.478 e. The Labute approximate surface area is 198 Å². The van der Waals surface area contributed by atoms with Gasteiger partial charge in [0.05, 0.1) is 35.7 Å². The summed E-state index contributed by atoms with van der Waals surface area (Å²) in [5.41, 5.74) is 3.30. The number of anilines is 2. The van der Waals surface area contributed by atoms with Crippen molar-refractivity contribution in [1.82, 2.24) is 9.55 Å². The summed E-state index contributed by atoms with van der Waals surface area (Å²) >= 11 is 0. The van der Waals surface area contributed by atoms with Gasteiger partial charge in [0.1, 0.15) is 0 Å². The number of nitrogens with zero attached hydrogens (tertiary/aromatic N) is 3. The fourth-order valence-electron chi connectivity index (χ4n) is 5.27. The number of nitrogens with one attached hydrogen (secondary N) is 1.